The van der Waals surface area contributed by atoms with Gasteiger partial charge in [-0.1, -0.05) is 42.2 Å². The molecule has 0 unspecified atom stereocenters. The summed E-state index contributed by atoms with van der Waals surface area (Å²) in [6.07, 6.45) is 10.7. The van der Waals surface area contributed by atoms with E-state index >= 15 is 0 Å². The monoisotopic (exact) mass is 211 g/mol. The number of carbonyl (C=O) groups is 1. The second-order valence-corrected chi connectivity index (χ2v) is 3.32. The number of benzene rings is 1. The predicted octanol–water partition coefficient (Wildman–Crippen LogP) is 1.32. The van der Waals surface area contributed by atoms with Crippen molar-refractivity contribution in [2.75, 3.05) is 13.1 Å². The van der Waals surface area contributed by atoms with Gasteiger partial charge in [-0.3, -0.25) is 4.79 Å². The molecule has 16 heavy (non-hydrogen) atoms. The normalized spacial score (nSPS) is 8.88. The number of nitrogens with zero attached hydrogens (tertiary/aromatic N) is 1. The summed E-state index contributed by atoms with van der Waals surface area (Å²) >= 11 is 0. The Morgan fingerprint density at radius 2 is 1.69 bits per heavy atom. The Balaban J connectivity index is 2.63. The first-order chi connectivity index (χ1) is 7.77. The lowest BCUT2D eigenvalue weighted by Gasteiger charge is -2.17. The Bertz CT molecular complexity index is 406. The second-order valence-electron chi connectivity index (χ2n) is 3.32. The molecule has 0 spiro atoms. The largest absolute Gasteiger partial charge is 0.320 e. The van der Waals surface area contributed by atoms with Gasteiger partial charge in [-0.15, -0.1) is 12.8 Å². The van der Waals surface area contributed by atoms with Crippen LogP contribution in [-0.2, 0) is 11.2 Å². The van der Waals surface area contributed by atoms with Gasteiger partial charge in [-0.05, 0) is 5.56 Å². The zero-order valence-electron chi connectivity index (χ0n) is 9.02. The smallest absolute Gasteiger partial charge is 0.228 e. The van der Waals surface area contributed by atoms with Crippen LogP contribution in [0.1, 0.15) is 5.56 Å². The number of hydrogen-bond acceptors (Lipinski definition) is 1. The van der Waals surface area contributed by atoms with Gasteiger partial charge in [0.15, 0.2) is 0 Å². The molecular weight excluding hydrogens is 198 g/mol. The van der Waals surface area contributed by atoms with Crippen LogP contribution in [0.4, 0.5) is 0 Å². The van der Waals surface area contributed by atoms with Crippen LogP contribution >= 0.6 is 0 Å². The lowest BCUT2D eigenvalue weighted by Crippen LogP contribution is -2.33. The maximum absolute atomic E-state index is 11.8. The van der Waals surface area contributed by atoms with Crippen molar-refractivity contribution in [3.8, 4) is 24.7 Å². The average molecular weight is 211 g/mol. The molecule has 0 aliphatic heterocycles. The maximum Gasteiger partial charge on any atom is 0.228 e. The number of rotatable bonds is 4. The topological polar surface area (TPSA) is 20.3 Å². The molecule has 1 rings (SSSR count). The predicted molar refractivity (Wildman–Crippen MR) is 64.4 cm³/mol. The highest BCUT2D eigenvalue weighted by Crippen LogP contribution is 2.02. The van der Waals surface area contributed by atoms with Gasteiger partial charge in [0, 0.05) is 0 Å². The molecule has 0 N–H and O–H groups in total. The minimum atomic E-state index is -0.0397. The molecule has 2 nitrogen and oxygen atoms in total. The molecule has 1 aromatic rings. The number of amides is 1. The first-order valence-electron chi connectivity index (χ1n) is 4.96. The summed E-state index contributed by atoms with van der Waals surface area (Å²) in [5.41, 5.74) is 0.964. The minimum absolute atomic E-state index is 0.0397. The average Bonchev–Trinajstić information content (AvgIpc) is 2.30. The number of terminal acetylenes is 2. The van der Waals surface area contributed by atoms with Crippen molar-refractivity contribution in [3.05, 3.63) is 35.9 Å². The van der Waals surface area contributed by atoms with E-state index in [0.717, 1.165) is 5.56 Å². The highest BCUT2D eigenvalue weighted by atomic mass is 16.2. The first-order valence-corrected chi connectivity index (χ1v) is 4.96. The van der Waals surface area contributed by atoms with Gasteiger partial charge >= 0.3 is 0 Å². The summed E-state index contributed by atoms with van der Waals surface area (Å²) in [6, 6.07) is 9.52. The van der Waals surface area contributed by atoms with Gasteiger partial charge < -0.3 is 4.90 Å². The molecular formula is C14H13NO. The van der Waals surface area contributed by atoms with E-state index in [4.69, 9.17) is 12.8 Å². The number of carbonyl (C=O) groups excluding carboxylic acids is 1. The zero-order valence-corrected chi connectivity index (χ0v) is 9.02. The standard InChI is InChI=1S/C14H13NO/c1-3-10-15(11-4-2)14(16)12-13-8-6-5-7-9-13/h1-2,5-9H,10-12H2. The molecule has 0 saturated heterocycles. The highest BCUT2D eigenvalue weighted by Gasteiger charge is 2.11. The summed E-state index contributed by atoms with van der Waals surface area (Å²) in [5.74, 6) is 4.82. The minimum Gasteiger partial charge on any atom is -0.320 e. The molecule has 1 aromatic carbocycles. The number of hydrogen-bond donors (Lipinski definition) is 0. The van der Waals surface area contributed by atoms with E-state index in [9.17, 15) is 4.79 Å². The Labute approximate surface area is 96.3 Å². The van der Waals surface area contributed by atoms with Gasteiger partial charge in [0.1, 0.15) is 0 Å². The van der Waals surface area contributed by atoms with Crippen LogP contribution in [0.2, 0.25) is 0 Å². The van der Waals surface area contributed by atoms with E-state index in [0.29, 0.717) is 6.42 Å². The van der Waals surface area contributed by atoms with Crippen LogP contribution in [0.25, 0.3) is 0 Å². The third-order valence-electron chi connectivity index (χ3n) is 2.12. The summed E-state index contributed by atoms with van der Waals surface area (Å²) in [7, 11) is 0. The van der Waals surface area contributed by atoms with Crippen molar-refractivity contribution in [1.29, 1.82) is 0 Å². The van der Waals surface area contributed by atoms with Gasteiger partial charge in [-0.25, -0.2) is 0 Å². The van der Waals surface area contributed by atoms with Crippen molar-refractivity contribution in [2.45, 2.75) is 6.42 Å². The lowest BCUT2D eigenvalue weighted by atomic mass is 10.1. The molecule has 0 bridgehead atoms. The molecule has 1 amide bonds. The fraction of sp³-hybridized carbons (Fsp3) is 0.214. The lowest BCUT2D eigenvalue weighted by molar-refractivity contribution is -0.129. The van der Waals surface area contributed by atoms with Gasteiger partial charge in [0.05, 0.1) is 19.5 Å². The highest BCUT2D eigenvalue weighted by molar-refractivity contribution is 5.79. The third kappa shape index (κ3) is 3.52. The Morgan fingerprint density at radius 3 is 2.19 bits per heavy atom. The fourth-order valence-corrected chi connectivity index (χ4v) is 1.33. The molecule has 0 aliphatic carbocycles. The van der Waals surface area contributed by atoms with Crippen molar-refractivity contribution < 1.29 is 4.79 Å². The molecule has 0 fully saturated rings. The van der Waals surface area contributed by atoms with Crippen LogP contribution in [0, 0.1) is 24.7 Å². The van der Waals surface area contributed by atoms with Crippen LogP contribution in [-0.4, -0.2) is 23.9 Å². The van der Waals surface area contributed by atoms with Crippen LogP contribution in [0.15, 0.2) is 30.3 Å². The molecule has 80 valence electrons. The van der Waals surface area contributed by atoms with Crippen LogP contribution in [0.5, 0.6) is 0 Å². The van der Waals surface area contributed by atoms with Gasteiger partial charge in [-0.2, -0.15) is 0 Å². The summed E-state index contributed by atoms with van der Waals surface area (Å²) in [4.78, 5) is 13.3. The summed E-state index contributed by atoms with van der Waals surface area (Å²) in [6.45, 7) is 0.520. The van der Waals surface area contributed by atoms with E-state index in [1.54, 1.807) is 0 Å². The quantitative estimate of drug-likeness (QED) is 0.688. The van der Waals surface area contributed by atoms with E-state index < -0.39 is 0 Å². The van der Waals surface area contributed by atoms with Gasteiger partial charge in [0.2, 0.25) is 5.91 Å². The van der Waals surface area contributed by atoms with Crippen molar-refractivity contribution in [2.24, 2.45) is 0 Å². The Hall–Kier alpha value is -2.19. The molecule has 0 heterocycles. The van der Waals surface area contributed by atoms with Crippen molar-refractivity contribution >= 4 is 5.91 Å². The fourth-order valence-electron chi connectivity index (χ4n) is 1.33. The zero-order chi connectivity index (χ0) is 11.8. The van der Waals surface area contributed by atoms with Crippen molar-refractivity contribution in [1.82, 2.24) is 4.90 Å². The molecule has 0 radical (unpaired) electrons. The van der Waals surface area contributed by atoms with Crippen LogP contribution < -0.4 is 0 Å². The Morgan fingerprint density at radius 1 is 1.12 bits per heavy atom. The first kappa shape index (κ1) is 11.9. The maximum atomic E-state index is 11.8. The molecule has 0 aromatic heterocycles. The molecule has 0 atom stereocenters. The second kappa shape index (κ2) is 6.32. The molecule has 2 heteroatoms. The third-order valence-corrected chi connectivity index (χ3v) is 2.12. The van der Waals surface area contributed by atoms with Crippen molar-refractivity contribution in [3.63, 3.8) is 0 Å². The van der Waals surface area contributed by atoms with E-state index in [2.05, 4.69) is 11.8 Å². The van der Waals surface area contributed by atoms with E-state index in [-0.39, 0.29) is 19.0 Å². The van der Waals surface area contributed by atoms with E-state index in [1.165, 1.54) is 4.90 Å². The summed E-state index contributed by atoms with van der Waals surface area (Å²) in [5, 5.41) is 0. The Kier molecular flexibility index (Phi) is 4.70. The molecule has 0 aliphatic rings. The summed E-state index contributed by atoms with van der Waals surface area (Å²) < 4.78 is 0. The van der Waals surface area contributed by atoms with E-state index in [1.807, 2.05) is 30.3 Å². The van der Waals surface area contributed by atoms with Gasteiger partial charge in [0.25, 0.3) is 0 Å². The van der Waals surface area contributed by atoms with Crippen LogP contribution in [0.3, 0.4) is 0 Å². The molecule has 0 saturated carbocycles. The SMILES string of the molecule is C#CCN(CC#C)C(=O)Cc1ccccc1.